The average Bonchev–Trinajstić information content (AvgIpc) is 2.26. The Hall–Kier alpha value is -0.340. The monoisotopic (exact) mass is 196 g/mol. The molecule has 14 heavy (non-hydrogen) atoms. The maximum Gasteiger partial charge on any atom is 0.0309 e. The van der Waals surface area contributed by atoms with Gasteiger partial charge in [0, 0.05) is 18.6 Å². The van der Waals surface area contributed by atoms with E-state index in [1.54, 1.807) is 0 Å². The molecule has 0 amide bonds. The van der Waals surface area contributed by atoms with Crippen molar-refractivity contribution in [3.8, 4) is 0 Å². The number of hydrogen-bond acceptors (Lipinski definition) is 2. The molecule has 0 saturated heterocycles. The summed E-state index contributed by atoms with van der Waals surface area (Å²) >= 11 is 0. The fourth-order valence-electron chi connectivity index (χ4n) is 2.54. The molecule has 1 rings (SSSR count). The van der Waals surface area contributed by atoms with Crippen molar-refractivity contribution in [2.24, 2.45) is 11.7 Å². The lowest BCUT2D eigenvalue weighted by atomic mass is 9.74. The Morgan fingerprint density at radius 2 is 2.43 bits per heavy atom. The lowest BCUT2D eigenvalue weighted by Crippen LogP contribution is -2.54. The summed E-state index contributed by atoms with van der Waals surface area (Å²) in [6, 6.07) is 0. The lowest BCUT2D eigenvalue weighted by molar-refractivity contribution is 0.186. The molecule has 0 aromatic rings. The van der Waals surface area contributed by atoms with Gasteiger partial charge in [-0.15, -0.1) is 6.58 Å². The quantitative estimate of drug-likeness (QED) is 0.661. The molecule has 1 aliphatic carbocycles. The summed E-state index contributed by atoms with van der Waals surface area (Å²) in [7, 11) is 0. The first-order chi connectivity index (χ1) is 6.76. The summed E-state index contributed by atoms with van der Waals surface area (Å²) < 4.78 is 0. The second-order valence-electron chi connectivity index (χ2n) is 4.52. The van der Waals surface area contributed by atoms with Crippen LogP contribution in [0.2, 0.25) is 0 Å². The van der Waals surface area contributed by atoms with Crippen LogP contribution in [0.1, 0.15) is 39.0 Å². The zero-order chi connectivity index (χ0) is 10.4. The van der Waals surface area contributed by atoms with Crippen molar-refractivity contribution < 1.29 is 0 Å². The molecule has 2 nitrogen and oxygen atoms in total. The van der Waals surface area contributed by atoms with Crippen LogP contribution in [-0.2, 0) is 0 Å². The van der Waals surface area contributed by atoms with Crippen molar-refractivity contribution in [1.82, 2.24) is 5.32 Å². The average molecular weight is 196 g/mol. The maximum atomic E-state index is 5.90. The fraction of sp³-hybridized carbons (Fsp3) is 0.833. The third kappa shape index (κ3) is 2.82. The highest BCUT2D eigenvalue weighted by Crippen LogP contribution is 2.33. The van der Waals surface area contributed by atoms with Crippen molar-refractivity contribution in [1.29, 1.82) is 0 Å². The van der Waals surface area contributed by atoms with Crippen LogP contribution in [0.3, 0.4) is 0 Å². The molecule has 82 valence electrons. The SMILES string of the molecule is C=CCNC1(CN)CCCC(CC)C1. The molecule has 0 bridgehead atoms. The van der Waals surface area contributed by atoms with Crippen LogP contribution in [0, 0.1) is 5.92 Å². The molecule has 0 aliphatic heterocycles. The topological polar surface area (TPSA) is 38.0 Å². The molecule has 0 spiro atoms. The molecule has 1 saturated carbocycles. The normalized spacial score (nSPS) is 32.9. The minimum atomic E-state index is 0.202. The first kappa shape index (κ1) is 11.7. The summed E-state index contributed by atoms with van der Waals surface area (Å²) in [5, 5.41) is 3.56. The smallest absolute Gasteiger partial charge is 0.0309 e. The van der Waals surface area contributed by atoms with Crippen LogP contribution in [-0.4, -0.2) is 18.6 Å². The van der Waals surface area contributed by atoms with Gasteiger partial charge in [-0.25, -0.2) is 0 Å². The fourth-order valence-corrected chi connectivity index (χ4v) is 2.54. The molecule has 0 radical (unpaired) electrons. The first-order valence-corrected chi connectivity index (χ1v) is 5.82. The summed E-state index contributed by atoms with van der Waals surface area (Å²) in [6.45, 7) is 7.67. The van der Waals surface area contributed by atoms with Crippen molar-refractivity contribution in [2.75, 3.05) is 13.1 Å². The van der Waals surface area contributed by atoms with Gasteiger partial charge in [-0.1, -0.05) is 32.3 Å². The highest BCUT2D eigenvalue weighted by Gasteiger charge is 2.33. The Morgan fingerprint density at radius 1 is 1.64 bits per heavy atom. The third-order valence-corrected chi connectivity index (χ3v) is 3.54. The number of hydrogen-bond donors (Lipinski definition) is 2. The van der Waals surface area contributed by atoms with E-state index in [4.69, 9.17) is 5.73 Å². The Balaban J connectivity index is 2.53. The van der Waals surface area contributed by atoms with Gasteiger partial charge in [0.2, 0.25) is 0 Å². The molecular weight excluding hydrogens is 172 g/mol. The van der Waals surface area contributed by atoms with E-state index in [9.17, 15) is 0 Å². The maximum absolute atomic E-state index is 5.90. The number of nitrogens with two attached hydrogens (primary N) is 1. The van der Waals surface area contributed by atoms with E-state index in [-0.39, 0.29) is 5.54 Å². The number of nitrogens with one attached hydrogen (secondary N) is 1. The van der Waals surface area contributed by atoms with Gasteiger partial charge >= 0.3 is 0 Å². The first-order valence-electron chi connectivity index (χ1n) is 5.82. The summed E-state index contributed by atoms with van der Waals surface area (Å²) in [5.41, 5.74) is 6.10. The van der Waals surface area contributed by atoms with Crippen molar-refractivity contribution in [2.45, 2.75) is 44.6 Å². The minimum Gasteiger partial charge on any atom is -0.329 e. The zero-order valence-electron chi connectivity index (χ0n) is 9.39. The van der Waals surface area contributed by atoms with Gasteiger partial charge in [-0.3, -0.25) is 0 Å². The zero-order valence-corrected chi connectivity index (χ0v) is 9.39. The van der Waals surface area contributed by atoms with Crippen LogP contribution in [0.25, 0.3) is 0 Å². The molecule has 1 aliphatic rings. The lowest BCUT2D eigenvalue weighted by Gasteiger charge is -2.40. The van der Waals surface area contributed by atoms with E-state index in [0.29, 0.717) is 0 Å². The summed E-state index contributed by atoms with van der Waals surface area (Å²) in [5.74, 6) is 0.865. The van der Waals surface area contributed by atoms with E-state index in [1.807, 2.05) is 6.08 Å². The van der Waals surface area contributed by atoms with Crippen LogP contribution < -0.4 is 11.1 Å². The molecule has 0 aromatic heterocycles. The van der Waals surface area contributed by atoms with Crippen molar-refractivity contribution in [3.63, 3.8) is 0 Å². The van der Waals surface area contributed by atoms with Gasteiger partial charge < -0.3 is 11.1 Å². The molecule has 3 N–H and O–H groups in total. The second kappa shape index (κ2) is 5.52. The standard InChI is InChI=1S/C12H24N2/c1-3-8-14-12(10-13)7-5-6-11(4-2)9-12/h3,11,14H,1,4-10,13H2,2H3. The predicted octanol–water partition coefficient (Wildman–Crippen LogP) is 2.06. The van der Waals surface area contributed by atoms with Gasteiger partial charge in [0.25, 0.3) is 0 Å². The molecule has 2 unspecified atom stereocenters. The Morgan fingerprint density at radius 3 is 3.00 bits per heavy atom. The van der Waals surface area contributed by atoms with Crippen LogP contribution >= 0.6 is 0 Å². The van der Waals surface area contributed by atoms with Gasteiger partial charge in [0.1, 0.15) is 0 Å². The molecule has 0 heterocycles. The second-order valence-corrected chi connectivity index (χ2v) is 4.52. The van der Waals surface area contributed by atoms with Gasteiger partial charge in [-0.2, -0.15) is 0 Å². The Bertz CT molecular complexity index is 179. The van der Waals surface area contributed by atoms with Crippen LogP contribution in [0.4, 0.5) is 0 Å². The molecule has 1 fully saturated rings. The summed E-state index contributed by atoms with van der Waals surface area (Å²) in [4.78, 5) is 0. The van der Waals surface area contributed by atoms with Crippen LogP contribution in [0.15, 0.2) is 12.7 Å². The van der Waals surface area contributed by atoms with E-state index < -0.39 is 0 Å². The molecule has 2 heteroatoms. The largest absolute Gasteiger partial charge is 0.329 e. The van der Waals surface area contributed by atoms with Crippen molar-refractivity contribution >= 4 is 0 Å². The third-order valence-electron chi connectivity index (χ3n) is 3.54. The minimum absolute atomic E-state index is 0.202. The molecule has 0 aromatic carbocycles. The molecular formula is C12H24N2. The van der Waals surface area contributed by atoms with Gasteiger partial charge in [0.05, 0.1) is 0 Å². The Labute approximate surface area is 87.9 Å². The highest BCUT2D eigenvalue weighted by atomic mass is 15.0. The Kier molecular flexibility index (Phi) is 4.63. The van der Waals surface area contributed by atoms with E-state index >= 15 is 0 Å². The highest BCUT2D eigenvalue weighted by molar-refractivity contribution is 4.95. The van der Waals surface area contributed by atoms with E-state index in [0.717, 1.165) is 19.0 Å². The molecule has 2 atom stereocenters. The van der Waals surface area contributed by atoms with E-state index in [2.05, 4.69) is 18.8 Å². The summed E-state index contributed by atoms with van der Waals surface area (Å²) in [6.07, 6.45) is 8.39. The van der Waals surface area contributed by atoms with Gasteiger partial charge in [0.15, 0.2) is 0 Å². The van der Waals surface area contributed by atoms with Crippen LogP contribution in [0.5, 0.6) is 0 Å². The number of rotatable bonds is 5. The van der Waals surface area contributed by atoms with E-state index in [1.165, 1.54) is 32.1 Å². The van der Waals surface area contributed by atoms with Gasteiger partial charge in [-0.05, 0) is 18.8 Å². The van der Waals surface area contributed by atoms with Crippen molar-refractivity contribution in [3.05, 3.63) is 12.7 Å². The predicted molar refractivity (Wildman–Crippen MR) is 62.2 cm³/mol.